The molecule has 12 nitrogen and oxygen atoms in total. The highest BCUT2D eigenvalue weighted by Gasteiger charge is 2.64. The molecule has 7 atom stereocenters. The van der Waals surface area contributed by atoms with Gasteiger partial charge in [0.15, 0.2) is 17.1 Å². The van der Waals surface area contributed by atoms with Gasteiger partial charge in [-0.25, -0.2) is 0 Å². The van der Waals surface area contributed by atoms with Crippen molar-refractivity contribution in [2.24, 2.45) is 23.5 Å². The number of primary amides is 1. The number of halogens is 3. The van der Waals surface area contributed by atoms with Crippen LogP contribution in [0.4, 0.5) is 18.9 Å². The number of aliphatic hydroxyl groups excluding tert-OH is 2. The van der Waals surface area contributed by atoms with Gasteiger partial charge in [-0.2, -0.15) is 0 Å². The highest BCUT2D eigenvalue weighted by molar-refractivity contribution is 6.24. The number of carbonyl (C=O) groups excluding carboxylic acids is 3. The second kappa shape index (κ2) is 9.59. The van der Waals surface area contributed by atoms with Crippen molar-refractivity contribution in [3.63, 3.8) is 0 Å². The number of aliphatic hydroxyl groups is 3. The number of alkyl halides is 3. The van der Waals surface area contributed by atoms with Crippen molar-refractivity contribution >= 4 is 28.9 Å². The number of likely N-dealkylation sites (N-methyl/N-ethyl adjacent to an activating group) is 1. The molecule has 1 unspecified atom stereocenters. The van der Waals surface area contributed by atoms with Crippen LogP contribution in [0.1, 0.15) is 42.5 Å². The van der Waals surface area contributed by atoms with Gasteiger partial charge in [0.25, 0.3) is 5.91 Å². The van der Waals surface area contributed by atoms with Crippen molar-refractivity contribution in [3.8, 4) is 11.5 Å². The van der Waals surface area contributed by atoms with Crippen molar-refractivity contribution < 1.29 is 52.7 Å². The number of amides is 1. The number of aromatic hydroxyl groups is 1. The minimum absolute atomic E-state index is 0.0148. The number of ketones is 2. The number of hydrogen-bond donors (Lipinski definition) is 6. The van der Waals surface area contributed by atoms with Gasteiger partial charge in [0.05, 0.1) is 17.3 Å². The van der Waals surface area contributed by atoms with Crippen molar-refractivity contribution in [1.29, 1.82) is 0 Å². The number of likely N-dealkylation sites (tertiary alicyclic amines) is 1. The summed E-state index contributed by atoms with van der Waals surface area (Å²) in [6.45, 7) is 2.26. The predicted octanol–water partition coefficient (Wildman–Crippen LogP) is 1.67. The normalized spacial score (nSPS) is 33.4. The van der Waals surface area contributed by atoms with E-state index >= 15 is 0 Å². The number of anilines is 1. The fourth-order valence-corrected chi connectivity index (χ4v) is 8.27. The van der Waals surface area contributed by atoms with Gasteiger partial charge in [-0.1, -0.05) is 0 Å². The summed E-state index contributed by atoms with van der Waals surface area (Å²) in [6, 6.07) is -1.86. The smallest absolute Gasteiger partial charge is 0.508 e. The van der Waals surface area contributed by atoms with Crippen LogP contribution in [0.25, 0.3) is 5.76 Å². The minimum Gasteiger partial charge on any atom is -0.508 e. The molecule has 7 N–H and O–H groups in total. The van der Waals surface area contributed by atoms with E-state index < -0.39 is 93.1 Å². The third-order valence-electron chi connectivity index (χ3n) is 10.2. The molecule has 1 saturated carbocycles. The Morgan fingerprint density at radius 3 is 2.43 bits per heavy atom. The molecule has 15 heteroatoms. The molecule has 1 saturated heterocycles. The fraction of sp³-hybridized carbons (Fsp3) is 0.552. The van der Waals surface area contributed by atoms with E-state index in [-0.39, 0.29) is 41.6 Å². The Hall–Kier alpha value is -3.82. The summed E-state index contributed by atoms with van der Waals surface area (Å²) in [4.78, 5) is 42.8. The molecule has 0 spiro atoms. The lowest BCUT2D eigenvalue weighted by atomic mass is 9.57. The molecular formula is C29H33F3N4O8. The summed E-state index contributed by atoms with van der Waals surface area (Å²) in [5.41, 5.74) is 0.395. The lowest BCUT2D eigenvalue weighted by Gasteiger charge is -2.50. The maximum absolute atomic E-state index is 14.1. The number of nitrogens with one attached hydrogen (secondary N) is 1. The lowest BCUT2D eigenvalue weighted by Crippen LogP contribution is -2.65. The molecule has 1 aromatic carbocycles. The summed E-state index contributed by atoms with van der Waals surface area (Å²) in [6.07, 6.45) is -5.08. The van der Waals surface area contributed by atoms with Crippen molar-refractivity contribution in [3.05, 3.63) is 33.6 Å². The van der Waals surface area contributed by atoms with Crippen molar-refractivity contribution in [1.82, 2.24) is 9.80 Å². The van der Waals surface area contributed by atoms with E-state index in [0.29, 0.717) is 13.0 Å². The van der Waals surface area contributed by atoms with Gasteiger partial charge in [0, 0.05) is 41.2 Å². The number of phenolic OH excluding ortho intramolecular Hbond substituents is 1. The molecule has 2 fully saturated rings. The second-order valence-electron chi connectivity index (χ2n) is 12.7. The van der Waals surface area contributed by atoms with E-state index in [1.165, 1.54) is 19.0 Å². The molecule has 2 aliphatic heterocycles. The highest BCUT2D eigenvalue weighted by atomic mass is 19.4. The lowest BCUT2D eigenvalue weighted by molar-refractivity contribution is -0.275. The van der Waals surface area contributed by atoms with E-state index in [1.807, 2.05) is 11.8 Å². The van der Waals surface area contributed by atoms with E-state index in [2.05, 4.69) is 10.1 Å². The van der Waals surface area contributed by atoms with Gasteiger partial charge in [-0.3, -0.25) is 24.2 Å². The summed E-state index contributed by atoms with van der Waals surface area (Å²) in [5.74, 6) is -9.43. The number of benzene rings is 1. The van der Waals surface area contributed by atoms with Gasteiger partial charge in [-0.05, 0) is 59.2 Å². The molecule has 44 heavy (non-hydrogen) atoms. The summed E-state index contributed by atoms with van der Waals surface area (Å²) in [5, 5.41) is 48.8. The van der Waals surface area contributed by atoms with Crippen molar-refractivity contribution in [2.75, 3.05) is 33.0 Å². The first-order valence-corrected chi connectivity index (χ1v) is 14.2. The van der Waals surface area contributed by atoms with Crippen LogP contribution in [0.15, 0.2) is 16.9 Å². The van der Waals surface area contributed by atoms with Crippen LogP contribution in [0.3, 0.4) is 0 Å². The molecule has 238 valence electrons. The summed E-state index contributed by atoms with van der Waals surface area (Å²) >= 11 is 0. The average Bonchev–Trinajstić information content (AvgIpc) is 3.20. The Balaban J connectivity index is 1.61. The Morgan fingerprint density at radius 2 is 1.84 bits per heavy atom. The molecule has 0 bridgehead atoms. The first kappa shape index (κ1) is 30.2. The standard InChI is InChI=1S/C29H33F3N4O8/c1-9-5-11-8-34-18-16(19(11)36(9)4)24(44-29(30,31)32)12-6-10-7-13-20(35(2)3)23(39)17(27(33)42)26(41)28(13,43)25(40)14(10)21(37)15(12)22(18)38/h9-11,13,19-20,34,37-38,41,43H,5-8H2,1-4H3,(H2,33,42)/t9?,10-,11-,13-,19-,20-,28-/m0/s1. The third-order valence-corrected chi connectivity index (χ3v) is 10.2. The predicted molar refractivity (Wildman–Crippen MR) is 147 cm³/mol. The SMILES string of the molecule is CC1C[C@H]2CNc3c(O)c4c(c(OC(F)(F)F)c3[C@H]2N1C)C[C@H]1C[C@H]2[C@H](N(C)C)C(=O)C(C(N)=O)=C(O)[C@@]2(O)C(=O)C1=C4O. The molecule has 5 aliphatic rings. The first-order chi connectivity index (χ1) is 20.4. The number of hydrogen-bond acceptors (Lipinski definition) is 11. The van der Waals surface area contributed by atoms with E-state index in [4.69, 9.17) is 5.73 Å². The van der Waals surface area contributed by atoms with Gasteiger partial charge in [-0.15, -0.1) is 13.2 Å². The first-order valence-electron chi connectivity index (χ1n) is 14.2. The Bertz CT molecular complexity index is 1590. The van der Waals surface area contributed by atoms with Gasteiger partial charge >= 0.3 is 6.36 Å². The maximum Gasteiger partial charge on any atom is 0.573 e. The highest BCUT2D eigenvalue weighted by Crippen LogP contribution is 2.60. The molecule has 0 radical (unpaired) electrons. The molecular weight excluding hydrogens is 589 g/mol. The summed E-state index contributed by atoms with van der Waals surface area (Å²) in [7, 11) is 4.68. The Morgan fingerprint density at radius 1 is 1.18 bits per heavy atom. The number of rotatable bonds is 3. The molecule has 3 aliphatic carbocycles. The number of nitrogens with two attached hydrogens (primary N) is 1. The van der Waals surface area contributed by atoms with Crippen LogP contribution in [0.2, 0.25) is 0 Å². The molecule has 0 aromatic heterocycles. The van der Waals surface area contributed by atoms with Crippen LogP contribution >= 0.6 is 0 Å². The van der Waals surface area contributed by atoms with Crippen LogP contribution in [-0.4, -0.2) is 99.4 Å². The van der Waals surface area contributed by atoms with Gasteiger partial charge < -0.3 is 36.2 Å². The number of fused-ring (bicyclic) bond motifs is 6. The topological polar surface area (TPSA) is 186 Å². The summed E-state index contributed by atoms with van der Waals surface area (Å²) < 4.78 is 46.6. The van der Waals surface area contributed by atoms with E-state index in [1.54, 1.807) is 7.05 Å². The zero-order valence-electron chi connectivity index (χ0n) is 24.3. The number of phenols is 1. The maximum atomic E-state index is 14.1. The average molecular weight is 623 g/mol. The zero-order chi connectivity index (χ0) is 32.4. The van der Waals surface area contributed by atoms with Gasteiger partial charge in [0.2, 0.25) is 5.78 Å². The van der Waals surface area contributed by atoms with E-state index in [9.17, 15) is 48.0 Å². The molecule has 1 aromatic rings. The fourth-order valence-electron chi connectivity index (χ4n) is 8.27. The second-order valence-corrected chi connectivity index (χ2v) is 12.7. The van der Waals surface area contributed by atoms with Crippen LogP contribution in [0.5, 0.6) is 11.5 Å². The third kappa shape index (κ3) is 3.91. The molecule has 6 rings (SSSR count). The van der Waals surface area contributed by atoms with Crippen LogP contribution in [-0.2, 0) is 20.8 Å². The van der Waals surface area contributed by atoms with E-state index in [0.717, 1.165) is 0 Å². The van der Waals surface area contributed by atoms with Crippen LogP contribution in [0, 0.1) is 17.8 Å². The minimum atomic E-state index is -5.15. The number of nitrogens with zero attached hydrogens (tertiary/aromatic N) is 2. The van der Waals surface area contributed by atoms with Crippen LogP contribution < -0.4 is 15.8 Å². The number of carbonyl (C=O) groups is 3. The molecule has 1 amide bonds. The number of ether oxygens (including phenoxy) is 1. The Kier molecular flexibility index (Phi) is 6.58. The zero-order valence-corrected chi connectivity index (χ0v) is 24.3. The molecule has 2 heterocycles. The number of Topliss-reactive ketones (excluding diaryl/α,β-unsaturated/α-hetero) is 2. The quantitative estimate of drug-likeness (QED) is 0.213. The van der Waals surface area contributed by atoms with Crippen molar-refractivity contribution in [2.45, 2.75) is 56.3 Å². The monoisotopic (exact) mass is 622 g/mol. The largest absolute Gasteiger partial charge is 0.573 e. The van der Waals surface area contributed by atoms with Gasteiger partial charge in [0.1, 0.15) is 22.8 Å². The Labute approximate surface area is 249 Å².